The van der Waals surface area contributed by atoms with Crippen molar-refractivity contribution in [3.05, 3.63) is 77.1 Å². The molecule has 0 unspecified atom stereocenters. The van der Waals surface area contributed by atoms with E-state index in [0.29, 0.717) is 39.9 Å². The van der Waals surface area contributed by atoms with Crippen LogP contribution in [0.4, 0.5) is 0 Å². The van der Waals surface area contributed by atoms with Crippen molar-refractivity contribution in [3.63, 3.8) is 0 Å². The van der Waals surface area contributed by atoms with Crippen LogP contribution in [0.25, 0.3) is 5.76 Å². The van der Waals surface area contributed by atoms with Crippen molar-refractivity contribution in [3.8, 4) is 28.7 Å². The Balaban J connectivity index is 1.52. The molecule has 0 aliphatic carbocycles. The van der Waals surface area contributed by atoms with Crippen molar-refractivity contribution in [1.29, 1.82) is 0 Å². The summed E-state index contributed by atoms with van der Waals surface area (Å²) in [6.07, 6.45) is 3.22. The number of Topliss-reactive ketones (excluding diaryl/α,β-unsaturated/α-hetero) is 1. The number of aliphatic hydroxyl groups is 1. The number of methoxy groups -OCH3 is 1. The fraction of sp³-hybridized carbons (Fsp3) is 0.192. The number of benzene rings is 2. The molecule has 2 aromatic carbocycles. The number of nitrogens with zero attached hydrogens (tertiary/aromatic N) is 2. The molecule has 1 fully saturated rings. The molecule has 36 heavy (non-hydrogen) atoms. The lowest BCUT2D eigenvalue weighted by molar-refractivity contribution is -0.140. The lowest BCUT2D eigenvalue weighted by Crippen LogP contribution is -2.29. The number of fused-ring (bicyclic) bond motifs is 2. The first-order valence-electron chi connectivity index (χ1n) is 11.1. The first-order chi connectivity index (χ1) is 17.5. The van der Waals surface area contributed by atoms with Gasteiger partial charge in [-0.3, -0.25) is 14.6 Å². The molecule has 0 radical (unpaired) electrons. The van der Waals surface area contributed by atoms with Crippen LogP contribution in [0.3, 0.4) is 0 Å². The van der Waals surface area contributed by atoms with Crippen molar-refractivity contribution in [2.75, 3.05) is 20.7 Å². The average molecular weight is 488 g/mol. The molecule has 182 valence electrons. The molecule has 1 N–H and O–H groups in total. The van der Waals surface area contributed by atoms with Gasteiger partial charge in [-0.2, -0.15) is 0 Å². The highest BCUT2D eigenvalue weighted by atomic mass is 16.7. The number of rotatable bonds is 5. The molecule has 10 nitrogen and oxygen atoms in total. The van der Waals surface area contributed by atoms with Crippen LogP contribution in [0.2, 0.25) is 0 Å². The number of likely N-dealkylation sites (tertiary alicyclic amines) is 1. The molecule has 6 rings (SSSR count). The second-order valence-corrected chi connectivity index (χ2v) is 8.31. The second kappa shape index (κ2) is 8.49. The predicted octanol–water partition coefficient (Wildman–Crippen LogP) is 3.17. The summed E-state index contributed by atoms with van der Waals surface area (Å²) in [6, 6.07) is 10.8. The van der Waals surface area contributed by atoms with Gasteiger partial charge in [-0.05, 0) is 53.6 Å². The van der Waals surface area contributed by atoms with E-state index < -0.39 is 17.7 Å². The SMILES string of the molecule is COc1cc([C@@H]2C(=C(O)c3ccc4c(c3)OCO4)C(=O)C(=O)N2Cc2ccncc2)cc2c1OCO2. The summed E-state index contributed by atoms with van der Waals surface area (Å²) in [5, 5.41) is 11.4. The summed E-state index contributed by atoms with van der Waals surface area (Å²) >= 11 is 0. The molecule has 4 heterocycles. The van der Waals surface area contributed by atoms with E-state index in [1.807, 2.05) is 0 Å². The standard InChI is InChI=1S/C26H20N2O8/c1-32-19-9-16(10-20-25(19)36-13-35-20)22-21(23(29)15-2-3-17-18(8-15)34-12-33-17)24(30)26(31)28(22)11-14-4-6-27-7-5-14/h2-10,22,29H,11-13H2,1H3/t22-/m1/s1. The number of carbonyl (C=O) groups excluding carboxylic acids is 2. The van der Waals surface area contributed by atoms with Crippen molar-refractivity contribution in [1.82, 2.24) is 9.88 Å². The number of carbonyl (C=O) groups is 2. The molecule has 1 amide bonds. The van der Waals surface area contributed by atoms with E-state index in [2.05, 4.69) is 4.98 Å². The lowest BCUT2D eigenvalue weighted by Gasteiger charge is -2.26. The smallest absolute Gasteiger partial charge is 0.295 e. The highest BCUT2D eigenvalue weighted by molar-refractivity contribution is 6.46. The van der Waals surface area contributed by atoms with E-state index in [1.54, 1.807) is 54.9 Å². The highest BCUT2D eigenvalue weighted by Crippen LogP contribution is 2.48. The number of hydrogen-bond acceptors (Lipinski definition) is 9. The first-order valence-corrected chi connectivity index (χ1v) is 11.1. The third-order valence-corrected chi connectivity index (χ3v) is 6.28. The van der Waals surface area contributed by atoms with Crippen LogP contribution in [0.5, 0.6) is 28.7 Å². The molecule has 0 spiro atoms. The summed E-state index contributed by atoms with van der Waals surface area (Å²) < 4.78 is 27.3. The van der Waals surface area contributed by atoms with Gasteiger partial charge in [0.05, 0.1) is 18.7 Å². The second-order valence-electron chi connectivity index (χ2n) is 8.31. The predicted molar refractivity (Wildman–Crippen MR) is 124 cm³/mol. The molecule has 1 saturated heterocycles. The fourth-order valence-corrected chi connectivity index (χ4v) is 4.58. The van der Waals surface area contributed by atoms with E-state index in [-0.39, 0.29) is 31.5 Å². The first kappa shape index (κ1) is 21.8. The molecule has 0 saturated carbocycles. The number of ether oxygens (including phenoxy) is 5. The Morgan fingerprint density at radius 1 is 1.00 bits per heavy atom. The van der Waals surface area contributed by atoms with Gasteiger partial charge in [-0.1, -0.05) is 0 Å². The van der Waals surface area contributed by atoms with Gasteiger partial charge in [-0.15, -0.1) is 0 Å². The molecule has 3 aliphatic rings. The number of aromatic nitrogens is 1. The number of hydrogen-bond donors (Lipinski definition) is 1. The van der Waals surface area contributed by atoms with E-state index in [9.17, 15) is 14.7 Å². The zero-order valence-electron chi connectivity index (χ0n) is 19.1. The Morgan fingerprint density at radius 3 is 2.56 bits per heavy atom. The Kier molecular flexibility index (Phi) is 5.14. The molecular weight excluding hydrogens is 468 g/mol. The zero-order valence-corrected chi connectivity index (χ0v) is 19.1. The molecular formula is C26H20N2O8. The van der Waals surface area contributed by atoms with Crippen molar-refractivity contribution in [2.24, 2.45) is 0 Å². The maximum Gasteiger partial charge on any atom is 0.295 e. The van der Waals surface area contributed by atoms with Crippen LogP contribution in [0, 0.1) is 0 Å². The Labute approximate surface area is 205 Å². The van der Waals surface area contributed by atoms with Crippen LogP contribution >= 0.6 is 0 Å². The quantitative estimate of drug-likeness (QED) is 0.328. The topological polar surface area (TPSA) is 117 Å². The van der Waals surface area contributed by atoms with E-state index >= 15 is 0 Å². The minimum atomic E-state index is -0.924. The molecule has 3 aromatic rings. The third kappa shape index (κ3) is 3.46. The molecule has 1 aromatic heterocycles. The van der Waals surface area contributed by atoms with Crippen molar-refractivity contribution in [2.45, 2.75) is 12.6 Å². The van der Waals surface area contributed by atoms with Crippen LogP contribution in [-0.2, 0) is 16.1 Å². The Morgan fingerprint density at radius 2 is 1.75 bits per heavy atom. The molecule has 3 aliphatic heterocycles. The molecule has 0 bridgehead atoms. The van der Waals surface area contributed by atoms with Crippen LogP contribution in [-0.4, -0.2) is 47.4 Å². The van der Waals surface area contributed by atoms with Gasteiger partial charge in [0, 0.05) is 24.5 Å². The molecule has 1 atom stereocenters. The minimum absolute atomic E-state index is 0.0174. The van der Waals surface area contributed by atoms with Crippen molar-refractivity contribution >= 4 is 17.4 Å². The van der Waals surface area contributed by atoms with Gasteiger partial charge < -0.3 is 33.7 Å². The Bertz CT molecular complexity index is 1420. The Hall–Kier alpha value is -4.73. The molecule has 10 heteroatoms. The summed E-state index contributed by atoms with van der Waals surface area (Å²) in [5.41, 5.74) is 1.55. The lowest BCUT2D eigenvalue weighted by atomic mass is 9.94. The van der Waals surface area contributed by atoms with Crippen LogP contribution in [0.15, 0.2) is 60.4 Å². The number of ketones is 1. The maximum absolute atomic E-state index is 13.4. The van der Waals surface area contributed by atoms with E-state index in [0.717, 1.165) is 5.56 Å². The van der Waals surface area contributed by atoms with Gasteiger partial charge in [0.2, 0.25) is 19.3 Å². The van der Waals surface area contributed by atoms with E-state index in [4.69, 9.17) is 23.7 Å². The van der Waals surface area contributed by atoms with Crippen molar-refractivity contribution < 1.29 is 38.4 Å². The largest absolute Gasteiger partial charge is 0.507 e. The number of amides is 1. The average Bonchev–Trinajstić information content (AvgIpc) is 3.63. The summed E-state index contributed by atoms with van der Waals surface area (Å²) in [6.45, 7) is 0.197. The van der Waals surface area contributed by atoms with Crippen LogP contribution < -0.4 is 23.7 Å². The number of pyridine rings is 1. The summed E-state index contributed by atoms with van der Waals surface area (Å²) in [5.74, 6) is 0.331. The fourth-order valence-electron chi connectivity index (χ4n) is 4.58. The highest BCUT2D eigenvalue weighted by Gasteiger charge is 2.47. The summed E-state index contributed by atoms with van der Waals surface area (Å²) in [4.78, 5) is 32.1. The number of aliphatic hydroxyl groups excluding tert-OH is 1. The van der Waals surface area contributed by atoms with Crippen LogP contribution in [0.1, 0.15) is 22.7 Å². The van der Waals surface area contributed by atoms with Gasteiger partial charge >= 0.3 is 0 Å². The van der Waals surface area contributed by atoms with Gasteiger partial charge in [0.15, 0.2) is 23.0 Å². The van der Waals surface area contributed by atoms with E-state index in [1.165, 1.54) is 12.0 Å². The normalized spacial score (nSPS) is 19.1. The van der Waals surface area contributed by atoms with Gasteiger partial charge in [0.25, 0.3) is 11.7 Å². The van der Waals surface area contributed by atoms with Gasteiger partial charge in [0.1, 0.15) is 5.76 Å². The zero-order chi connectivity index (χ0) is 24.8. The third-order valence-electron chi connectivity index (χ3n) is 6.28. The van der Waals surface area contributed by atoms with Gasteiger partial charge in [-0.25, -0.2) is 0 Å². The minimum Gasteiger partial charge on any atom is -0.507 e. The maximum atomic E-state index is 13.4. The monoisotopic (exact) mass is 488 g/mol. The summed E-state index contributed by atoms with van der Waals surface area (Å²) in [7, 11) is 1.49.